The Kier molecular flexibility index (Phi) is 6.76. The van der Waals surface area contributed by atoms with Crippen molar-refractivity contribution in [2.24, 2.45) is 5.92 Å². The number of rotatable bonds is 8. The van der Waals surface area contributed by atoms with Gasteiger partial charge in [-0.25, -0.2) is 24.1 Å². The van der Waals surface area contributed by atoms with Crippen molar-refractivity contribution in [2.75, 3.05) is 5.32 Å². The van der Waals surface area contributed by atoms with Crippen LogP contribution < -0.4 is 5.32 Å². The molecule has 1 fully saturated rings. The van der Waals surface area contributed by atoms with Gasteiger partial charge >= 0.3 is 5.97 Å². The van der Waals surface area contributed by atoms with E-state index in [0.717, 1.165) is 29.5 Å². The van der Waals surface area contributed by atoms with Gasteiger partial charge in [-0.05, 0) is 49.8 Å². The third-order valence-electron chi connectivity index (χ3n) is 7.79. The minimum atomic E-state index is -1.23. The van der Waals surface area contributed by atoms with Crippen LogP contribution in [0, 0.1) is 18.7 Å². The summed E-state index contributed by atoms with van der Waals surface area (Å²) < 4.78 is 17.4. The number of halogens is 1. The van der Waals surface area contributed by atoms with Gasteiger partial charge in [0.25, 0.3) is 0 Å². The summed E-state index contributed by atoms with van der Waals surface area (Å²) in [5.41, 5.74) is 4.86. The number of nitrogens with zero attached hydrogens (tertiary/aromatic N) is 4. The first kappa shape index (κ1) is 25.7. The number of aromatic carboxylic acids is 1. The lowest BCUT2D eigenvalue weighted by atomic mass is 9.80. The molecular weight excluding hydrogens is 505 g/mol. The maximum Gasteiger partial charge on any atom is 0.374 e. The van der Waals surface area contributed by atoms with Crippen molar-refractivity contribution in [3.8, 4) is 22.5 Å². The zero-order valence-electron chi connectivity index (χ0n) is 22.4. The maximum absolute atomic E-state index is 15.5. The zero-order chi connectivity index (χ0) is 27.8. The van der Waals surface area contributed by atoms with E-state index >= 15 is 4.39 Å². The largest absolute Gasteiger partial charge is 0.475 e. The Labute approximate surface area is 231 Å². The van der Waals surface area contributed by atoms with Crippen LogP contribution in [0.1, 0.15) is 47.9 Å². The summed E-state index contributed by atoms with van der Waals surface area (Å²) in [4.78, 5) is 25.4. The van der Waals surface area contributed by atoms with Crippen LogP contribution in [-0.2, 0) is 6.54 Å². The monoisotopic (exact) mass is 535 g/mol. The molecule has 0 bridgehead atoms. The smallest absolute Gasteiger partial charge is 0.374 e. The quantitative estimate of drug-likeness (QED) is 0.223. The fraction of sp³-hybridized carbons (Fsp3) is 0.250. The number of aromatic nitrogens is 4. The molecule has 6 rings (SSSR count). The Morgan fingerprint density at radius 3 is 2.42 bits per heavy atom. The Bertz CT molecular complexity index is 1690. The van der Waals surface area contributed by atoms with Crippen molar-refractivity contribution in [3.05, 3.63) is 95.6 Å². The van der Waals surface area contributed by atoms with Gasteiger partial charge in [-0.2, -0.15) is 0 Å². The minimum Gasteiger partial charge on any atom is -0.475 e. The number of carboxylic acids is 1. The molecule has 2 aromatic heterocycles. The van der Waals surface area contributed by atoms with E-state index < -0.39 is 5.97 Å². The van der Waals surface area contributed by atoms with Crippen molar-refractivity contribution in [2.45, 2.75) is 45.7 Å². The number of anilines is 1. The van der Waals surface area contributed by atoms with Crippen LogP contribution in [0.15, 0.2) is 72.8 Å². The summed E-state index contributed by atoms with van der Waals surface area (Å²) in [6.45, 7) is 4.55. The predicted molar refractivity (Wildman–Crippen MR) is 154 cm³/mol. The summed E-state index contributed by atoms with van der Waals surface area (Å²) in [5, 5.41) is 13.2. The molecule has 3 aromatic carbocycles. The number of benzene rings is 3. The first-order valence-electron chi connectivity index (χ1n) is 13.6. The highest BCUT2D eigenvalue weighted by molar-refractivity contribution is 5.92. The summed E-state index contributed by atoms with van der Waals surface area (Å²) >= 11 is 0. The van der Waals surface area contributed by atoms with Crippen molar-refractivity contribution >= 4 is 23.0 Å². The number of carboxylic acid groups (broad SMARTS) is 1. The van der Waals surface area contributed by atoms with E-state index in [1.807, 2.05) is 72.2 Å². The summed E-state index contributed by atoms with van der Waals surface area (Å²) in [5.74, 6) is -0.515. The highest BCUT2D eigenvalue weighted by Crippen LogP contribution is 2.35. The third-order valence-corrected chi connectivity index (χ3v) is 7.79. The van der Waals surface area contributed by atoms with Crippen LogP contribution in [0.25, 0.3) is 33.7 Å². The van der Waals surface area contributed by atoms with Crippen LogP contribution in [0.3, 0.4) is 0 Å². The second-order valence-corrected chi connectivity index (χ2v) is 10.6. The Morgan fingerprint density at radius 1 is 1.02 bits per heavy atom. The first-order valence-corrected chi connectivity index (χ1v) is 13.6. The number of hydrogen-bond acceptors (Lipinski definition) is 5. The fourth-order valence-electron chi connectivity index (χ4n) is 5.26. The lowest BCUT2D eigenvalue weighted by molar-refractivity contribution is 0.0684. The molecule has 1 aliphatic rings. The minimum absolute atomic E-state index is 0.0993. The van der Waals surface area contributed by atoms with Crippen LogP contribution in [0.4, 0.5) is 10.2 Å². The van der Waals surface area contributed by atoms with Gasteiger partial charge in [0.1, 0.15) is 17.2 Å². The van der Waals surface area contributed by atoms with Gasteiger partial charge in [0, 0.05) is 23.7 Å². The van der Waals surface area contributed by atoms with Crippen LogP contribution in [-0.4, -0.2) is 36.6 Å². The molecule has 0 amide bonds. The Hall–Kier alpha value is -4.59. The van der Waals surface area contributed by atoms with Gasteiger partial charge in [-0.1, -0.05) is 78.7 Å². The number of imidazole rings is 1. The SMILES string of the molecule is Cc1ccc(Cn2c(-c3ccc(-c4ccccc4)c(F)c3)nc3nc(C(=O)O)nc(N[C@H](C)C4CCC4)c32)cc1. The molecule has 1 aliphatic carbocycles. The molecule has 0 saturated heterocycles. The topological polar surface area (TPSA) is 92.9 Å². The predicted octanol–water partition coefficient (Wildman–Crippen LogP) is 6.95. The number of fused-ring (bicyclic) bond motifs is 1. The van der Waals surface area contributed by atoms with E-state index in [4.69, 9.17) is 4.98 Å². The standard InChI is InChI=1S/C32H30FN5O2/c1-19-11-13-21(14-12-19)18-38-27-28(34-20(2)22-9-6-10-22)35-30(32(39)40)36-29(27)37-31(38)24-15-16-25(26(33)17-24)23-7-4-3-5-8-23/h3-5,7-8,11-17,20,22H,6,9-10,18H2,1-2H3,(H,39,40)(H,34,35,36)/t20-/m1/s1. The molecule has 40 heavy (non-hydrogen) atoms. The molecular formula is C32H30FN5O2. The summed E-state index contributed by atoms with van der Waals surface area (Å²) in [6, 6.07) is 22.7. The van der Waals surface area contributed by atoms with E-state index in [2.05, 4.69) is 22.2 Å². The second-order valence-electron chi connectivity index (χ2n) is 10.6. The average molecular weight is 536 g/mol. The Morgan fingerprint density at radius 2 is 1.77 bits per heavy atom. The van der Waals surface area contributed by atoms with Gasteiger partial charge in [-0.3, -0.25) is 0 Å². The molecule has 0 radical (unpaired) electrons. The summed E-state index contributed by atoms with van der Waals surface area (Å²) in [6.07, 6.45) is 3.43. The maximum atomic E-state index is 15.5. The molecule has 1 atom stereocenters. The zero-order valence-corrected chi connectivity index (χ0v) is 22.4. The molecule has 5 aromatic rings. The molecule has 0 aliphatic heterocycles. The average Bonchev–Trinajstić information content (AvgIpc) is 3.27. The van der Waals surface area contributed by atoms with Gasteiger partial charge in [0.2, 0.25) is 5.82 Å². The van der Waals surface area contributed by atoms with Gasteiger partial charge in [0.15, 0.2) is 11.5 Å². The van der Waals surface area contributed by atoms with E-state index in [1.54, 1.807) is 6.07 Å². The van der Waals surface area contributed by atoms with Gasteiger partial charge in [-0.15, -0.1) is 0 Å². The molecule has 8 heteroatoms. The summed E-state index contributed by atoms with van der Waals surface area (Å²) in [7, 11) is 0. The van der Waals surface area contributed by atoms with Crippen LogP contribution >= 0.6 is 0 Å². The van der Waals surface area contributed by atoms with Gasteiger partial charge in [0.05, 0.1) is 0 Å². The van der Waals surface area contributed by atoms with Crippen molar-refractivity contribution < 1.29 is 14.3 Å². The van der Waals surface area contributed by atoms with E-state index in [9.17, 15) is 9.90 Å². The van der Waals surface area contributed by atoms with E-state index in [-0.39, 0.29) is 23.3 Å². The molecule has 0 unspecified atom stereocenters. The number of nitrogens with one attached hydrogen (secondary N) is 1. The molecule has 2 heterocycles. The van der Waals surface area contributed by atoms with Crippen molar-refractivity contribution in [1.29, 1.82) is 0 Å². The molecule has 202 valence electrons. The number of carbonyl (C=O) groups is 1. The highest BCUT2D eigenvalue weighted by Gasteiger charge is 2.27. The lowest BCUT2D eigenvalue weighted by Crippen LogP contribution is -2.31. The van der Waals surface area contributed by atoms with E-state index in [0.29, 0.717) is 40.7 Å². The molecule has 7 nitrogen and oxygen atoms in total. The number of hydrogen-bond donors (Lipinski definition) is 2. The Balaban J connectivity index is 1.53. The first-order chi connectivity index (χ1) is 19.4. The molecule has 0 spiro atoms. The fourth-order valence-corrected chi connectivity index (χ4v) is 5.26. The molecule has 1 saturated carbocycles. The second kappa shape index (κ2) is 10.5. The van der Waals surface area contributed by atoms with Crippen molar-refractivity contribution in [1.82, 2.24) is 19.5 Å². The van der Waals surface area contributed by atoms with Gasteiger partial charge < -0.3 is 15.0 Å². The van der Waals surface area contributed by atoms with Crippen LogP contribution in [0.2, 0.25) is 0 Å². The molecule has 2 N–H and O–H groups in total. The lowest BCUT2D eigenvalue weighted by Gasteiger charge is -2.32. The number of aryl methyl sites for hydroxylation is 1. The van der Waals surface area contributed by atoms with Crippen LogP contribution in [0.5, 0.6) is 0 Å². The van der Waals surface area contributed by atoms with Crippen molar-refractivity contribution in [3.63, 3.8) is 0 Å². The third kappa shape index (κ3) is 4.93. The van der Waals surface area contributed by atoms with E-state index in [1.165, 1.54) is 12.5 Å². The highest BCUT2D eigenvalue weighted by atomic mass is 19.1. The normalized spacial score (nSPS) is 14.2.